The van der Waals surface area contributed by atoms with E-state index in [0.29, 0.717) is 0 Å². The molecule has 0 saturated heterocycles. The van der Waals surface area contributed by atoms with Gasteiger partial charge in [-0.2, -0.15) is 0 Å². The zero-order valence-electron chi connectivity index (χ0n) is 34.3. The standard InChI is InChI=1S/C50H46N2O6Si2/c1-59(2,3)33-17-13-29(14-18-33)51(49-43(55)25-31(53)26-44(49)56)41-23-21-37-36-10-8-12-40-42(24-22-38(48(36)40)35-9-7-11-39(41)47(35)37)52(50-45(57)27-32(54)28-46(50)58)30-15-19-34(20-16-30)60(4,5)6/h7-28,53-58H,1-6H3. The zero-order valence-corrected chi connectivity index (χ0v) is 36.3. The van der Waals surface area contributed by atoms with Crippen molar-refractivity contribution in [3.8, 4) is 34.5 Å². The van der Waals surface area contributed by atoms with Gasteiger partial charge in [-0.15, -0.1) is 0 Å². The van der Waals surface area contributed by atoms with Gasteiger partial charge in [-0.25, -0.2) is 0 Å². The Bertz CT molecular complexity index is 2860. The molecule has 0 aliphatic heterocycles. The number of fused-ring (bicyclic) bond motifs is 2. The van der Waals surface area contributed by atoms with Gasteiger partial charge in [-0.1, -0.05) is 122 Å². The van der Waals surface area contributed by atoms with E-state index in [9.17, 15) is 30.6 Å². The molecule has 0 bridgehead atoms. The molecule has 0 radical (unpaired) electrons. The van der Waals surface area contributed by atoms with E-state index < -0.39 is 16.1 Å². The predicted octanol–water partition coefficient (Wildman–Crippen LogP) is 12.0. The summed E-state index contributed by atoms with van der Waals surface area (Å²) in [4.78, 5) is 3.70. The lowest BCUT2D eigenvalue weighted by Gasteiger charge is -2.30. The number of phenols is 6. The highest BCUT2D eigenvalue weighted by atomic mass is 28.3. The molecule has 300 valence electrons. The van der Waals surface area contributed by atoms with Gasteiger partial charge in [0.05, 0.1) is 27.5 Å². The van der Waals surface area contributed by atoms with Crippen molar-refractivity contribution in [1.29, 1.82) is 0 Å². The molecule has 9 aromatic rings. The van der Waals surface area contributed by atoms with Crippen LogP contribution in [-0.4, -0.2) is 46.8 Å². The van der Waals surface area contributed by atoms with Crippen molar-refractivity contribution in [1.82, 2.24) is 0 Å². The molecule has 8 nitrogen and oxygen atoms in total. The maximum Gasteiger partial charge on any atom is 0.147 e. The summed E-state index contributed by atoms with van der Waals surface area (Å²) in [5.74, 6) is -1.57. The second-order valence-electron chi connectivity index (χ2n) is 17.7. The van der Waals surface area contributed by atoms with Crippen LogP contribution in [0.2, 0.25) is 39.3 Å². The lowest BCUT2D eigenvalue weighted by molar-refractivity contribution is 0.428. The predicted molar refractivity (Wildman–Crippen MR) is 253 cm³/mol. The maximum atomic E-state index is 11.4. The minimum absolute atomic E-state index is 0.149. The van der Waals surface area contributed by atoms with E-state index in [0.717, 1.165) is 65.8 Å². The molecular weight excluding hydrogens is 781 g/mol. The largest absolute Gasteiger partial charge is 0.508 e. The van der Waals surface area contributed by atoms with Gasteiger partial charge in [0.1, 0.15) is 45.9 Å². The number of anilines is 6. The molecule has 0 spiro atoms. The topological polar surface area (TPSA) is 128 Å². The van der Waals surface area contributed by atoms with Gasteiger partial charge in [0, 0.05) is 46.4 Å². The molecule has 0 amide bonds. The Morgan fingerprint density at radius 1 is 0.350 bits per heavy atom. The summed E-state index contributed by atoms with van der Waals surface area (Å²) in [5, 5.41) is 76.3. The highest BCUT2D eigenvalue weighted by molar-refractivity contribution is 6.89. The molecule has 0 saturated carbocycles. The summed E-state index contributed by atoms with van der Waals surface area (Å²) in [5.41, 5.74) is 3.22. The minimum Gasteiger partial charge on any atom is -0.508 e. The fraction of sp³-hybridized carbons (Fsp3) is 0.120. The molecule has 0 unspecified atom stereocenters. The van der Waals surface area contributed by atoms with E-state index in [4.69, 9.17) is 0 Å². The van der Waals surface area contributed by atoms with Crippen molar-refractivity contribution >= 4 is 104 Å². The number of benzene rings is 9. The first-order valence-electron chi connectivity index (χ1n) is 19.9. The van der Waals surface area contributed by atoms with Gasteiger partial charge in [-0.3, -0.25) is 0 Å². The zero-order chi connectivity index (χ0) is 42.4. The Morgan fingerprint density at radius 3 is 0.967 bits per heavy atom. The normalized spacial score (nSPS) is 12.2. The number of hydrogen-bond donors (Lipinski definition) is 6. The van der Waals surface area contributed by atoms with Crippen molar-refractivity contribution in [3.63, 3.8) is 0 Å². The van der Waals surface area contributed by atoms with Crippen LogP contribution < -0.4 is 20.2 Å². The molecule has 0 atom stereocenters. The molecule has 6 N–H and O–H groups in total. The van der Waals surface area contributed by atoms with E-state index in [1.807, 2.05) is 58.3 Å². The maximum absolute atomic E-state index is 11.4. The molecule has 0 heterocycles. The van der Waals surface area contributed by atoms with Crippen LogP contribution in [0.25, 0.3) is 43.1 Å². The summed E-state index contributed by atoms with van der Waals surface area (Å²) in [6.45, 7) is 13.7. The number of nitrogens with zero attached hydrogens (tertiary/aromatic N) is 2. The van der Waals surface area contributed by atoms with Crippen LogP contribution >= 0.6 is 0 Å². The average Bonchev–Trinajstić information content (AvgIpc) is 3.19. The van der Waals surface area contributed by atoms with Crippen LogP contribution in [0, 0.1) is 0 Å². The van der Waals surface area contributed by atoms with Crippen LogP contribution in [0.15, 0.2) is 133 Å². The first-order chi connectivity index (χ1) is 28.5. The second kappa shape index (κ2) is 13.9. The number of phenolic OH excluding ortho intramolecular Hbond substituents is 6. The molecule has 10 heteroatoms. The fourth-order valence-corrected chi connectivity index (χ4v) is 11.0. The second-order valence-corrected chi connectivity index (χ2v) is 27.8. The summed E-state index contributed by atoms with van der Waals surface area (Å²) in [6.07, 6.45) is 0. The molecule has 9 aromatic carbocycles. The van der Waals surface area contributed by atoms with Crippen molar-refractivity contribution in [2.75, 3.05) is 9.80 Å². The summed E-state index contributed by atoms with van der Waals surface area (Å²) in [7, 11) is -3.29. The Morgan fingerprint density at radius 2 is 0.650 bits per heavy atom. The monoisotopic (exact) mass is 826 g/mol. The Balaban J connectivity index is 1.31. The first-order valence-corrected chi connectivity index (χ1v) is 26.9. The van der Waals surface area contributed by atoms with E-state index in [-0.39, 0.29) is 45.9 Å². The number of aromatic hydroxyl groups is 6. The molecule has 9 rings (SSSR count). The van der Waals surface area contributed by atoms with Gasteiger partial charge in [0.15, 0.2) is 0 Å². The summed E-state index contributed by atoms with van der Waals surface area (Å²) >= 11 is 0. The van der Waals surface area contributed by atoms with Crippen molar-refractivity contribution in [2.24, 2.45) is 0 Å². The van der Waals surface area contributed by atoms with Crippen LogP contribution in [0.1, 0.15) is 0 Å². The highest BCUT2D eigenvalue weighted by Crippen LogP contribution is 2.53. The van der Waals surface area contributed by atoms with Gasteiger partial charge in [-0.05, 0) is 68.7 Å². The van der Waals surface area contributed by atoms with E-state index in [1.54, 1.807) is 0 Å². The SMILES string of the molecule is C[Si](C)(C)c1ccc(N(c2c(O)cc(O)cc2O)c2ccc3c4cccc5c(N(c6ccc([Si](C)(C)C)cc6)c6c(O)cc(O)cc6O)ccc(c6cccc2c63)c54)cc1. The van der Waals surface area contributed by atoms with Crippen LogP contribution in [0.5, 0.6) is 34.5 Å². The quantitative estimate of drug-likeness (QED) is 0.0508. The number of rotatable bonds is 8. The number of hydrogen-bond acceptors (Lipinski definition) is 8. The van der Waals surface area contributed by atoms with Gasteiger partial charge < -0.3 is 40.4 Å². The first kappa shape index (κ1) is 38.6. The third-order valence-corrected chi connectivity index (χ3v) is 15.8. The fourth-order valence-electron chi connectivity index (χ4n) is 8.71. The third kappa shape index (κ3) is 6.27. The Kier molecular flexibility index (Phi) is 8.92. The minimum atomic E-state index is -1.65. The lowest BCUT2D eigenvalue weighted by atomic mass is 9.88. The molecule has 60 heavy (non-hydrogen) atoms. The lowest BCUT2D eigenvalue weighted by Crippen LogP contribution is -2.37. The average molecular weight is 827 g/mol. The molecule has 0 aromatic heterocycles. The smallest absolute Gasteiger partial charge is 0.147 e. The van der Waals surface area contributed by atoms with Crippen LogP contribution in [-0.2, 0) is 0 Å². The van der Waals surface area contributed by atoms with Gasteiger partial charge in [0.2, 0.25) is 0 Å². The van der Waals surface area contributed by atoms with Crippen LogP contribution in [0.4, 0.5) is 34.1 Å². The summed E-state index contributed by atoms with van der Waals surface area (Å²) < 4.78 is 0. The van der Waals surface area contributed by atoms with Crippen molar-refractivity contribution < 1.29 is 30.6 Å². The van der Waals surface area contributed by atoms with E-state index >= 15 is 0 Å². The summed E-state index contributed by atoms with van der Waals surface area (Å²) in [6, 6.07) is 42.0. The molecular formula is C50H46N2O6Si2. The van der Waals surface area contributed by atoms with E-state index in [2.05, 4.69) is 99.9 Å². The Labute approximate surface area is 350 Å². The molecule has 0 fully saturated rings. The van der Waals surface area contributed by atoms with Gasteiger partial charge >= 0.3 is 0 Å². The molecule has 0 aliphatic carbocycles. The Hall–Kier alpha value is -6.89. The molecule has 0 aliphatic rings. The third-order valence-electron chi connectivity index (χ3n) is 11.6. The van der Waals surface area contributed by atoms with Crippen molar-refractivity contribution in [3.05, 3.63) is 133 Å². The van der Waals surface area contributed by atoms with Gasteiger partial charge in [0.25, 0.3) is 0 Å². The van der Waals surface area contributed by atoms with E-state index in [1.165, 1.54) is 34.6 Å². The highest BCUT2D eigenvalue weighted by Gasteiger charge is 2.28. The van der Waals surface area contributed by atoms with Crippen molar-refractivity contribution in [2.45, 2.75) is 39.3 Å². The van der Waals surface area contributed by atoms with Crippen LogP contribution in [0.3, 0.4) is 0 Å².